The number of carbonyl (C=O) groups excluding carboxylic acids is 1. The topological polar surface area (TPSA) is 101 Å². The highest BCUT2D eigenvalue weighted by molar-refractivity contribution is 6.00. The lowest BCUT2D eigenvalue weighted by Crippen LogP contribution is -2.43. The minimum atomic E-state index is -0.466. The lowest BCUT2D eigenvalue weighted by Gasteiger charge is -2.33. The van der Waals surface area contributed by atoms with E-state index >= 15 is 0 Å². The fourth-order valence-electron chi connectivity index (χ4n) is 4.27. The molecule has 2 fully saturated rings. The lowest BCUT2D eigenvalue weighted by molar-refractivity contribution is -0.384. The van der Waals surface area contributed by atoms with Gasteiger partial charge in [-0.15, -0.1) is 0 Å². The van der Waals surface area contributed by atoms with Crippen molar-refractivity contribution in [1.82, 2.24) is 10.2 Å². The molecule has 0 radical (unpaired) electrons. The summed E-state index contributed by atoms with van der Waals surface area (Å²) in [5.41, 5.74) is 1.00. The highest BCUT2D eigenvalue weighted by Gasteiger charge is 2.27. The Morgan fingerprint density at radius 3 is 2.55 bits per heavy atom. The third-order valence-electron chi connectivity index (χ3n) is 5.91. The van der Waals surface area contributed by atoms with Gasteiger partial charge in [-0.2, -0.15) is 0 Å². The number of hydrogen-bond donors (Lipinski definition) is 1. The van der Waals surface area contributed by atoms with Gasteiger partial charge in [0.2, 0.25) is 0 Å². The van der Waals surface area contributed by atoms with E-state index in [0.29, 0.717) is 25.3 Å². The molecule has 9 nitrogen and oxygen atoms in total. The number of nitrogens with one attached hydrogen (secondary N) is 1. The largest absolute Gasteiger partial charge is 0.465 e. The van der Waals surface area contributed by atoms with Gasteiger partial charge in [0.25, 0.3) is 11.6 Å². The quantitative estimate of drug-likeness (QED) is 0.534. The minimum absolute atomic E-state index is 0.0838. The van der Waals surface area contributed by atoms with Crippen LogP contribution in [0.2, 0.25) is 0 Å². The van der Waals surface area contributed by atoms with Crippen molar-refractivity contribution in [2.45, 2.75) is 25.8 Å². The molecule has 1 atom stereocenters. The average Bonchev–Trinajstić information content (AvgIpc) is 3.46. The summed E-state index contributed by atoms with van der Waals surface area (Å²) >= 11 is 0. The smallest absolute Gasteiger partial charge is 0.270 e. The standard InChI is InChI=1S/C22H28N4O5/c1-16-4-7-21(31-16)20(25-10-12-30-13-11-25)15-23-22(27)18-14-17(26(28)29)5-6-19(18)24-8-2-3-9-24/h4-7,14,20H,2-3,8-13,15H2,1H3,(H,23,27). The van der Waals surface area contributed by atoms with E-state index in [1.807, 2.05) is 19.1 Å². The summed E-state index contributed by atoms with van der Waals surface area (Å²) in [6.07, 6.45) is 2.10. The maximum atomic E-state index is 13.2. The van der Waals surface area contributed by atoms with Crippen LogP contribution in [0.4, 0.5) is 11.4 Å². The van der Waals surface area contributed by atoms with E-state index in [1.165, 1.54) is 12.1 Å². The summed E-state index contributed by atoms with van der Waals surface area (Å²) in [4.78, 5) is 28.4. The zero-order valence-electron chi connectivity index (χ0n) is 17.7. The van der Waals surface area contributed by atoms with Gasteiger partial charge in [-0.3, -0.25) is 19.8 Å². The summed E-state index contributed by atoms with van der Waals surface area (Å²) < 4.78 is 11.3. The fraction of sp³-hybridized carbons (Fsp3) is 0.500. The number of nitrogens with zero attached hydrogens (tertiary/aromatic N) is 3. The first-order valence-electron chi connectivity index (χ1n) is 10.7. The maximum absolute atomic E-state index is 13.2. The number of morpholine rings is 1. The van der Waals surface area contributed by atoms with Gasteiger partial charge < -0.3 is 19.4 Å². The van der Waals surface area contributed by atoms with Gasteiger partial charge in [0.05, 0.1) is 35.4 Å². The highest BCUT2D eigenvalue weighted by atomic mass is 16.6. The van der Waals surface area contributed by atoms with Crippen molar-refractivity contribution in [3.63, 3.8) is 0 Å². The molecule has 31 heavy (non-hydrogen) atoms. The predicted molar refractivity (Wildman–Crippen MR) is 115 cm³/mol. The van der Waals surface area contributed by atoms with Crippen LogP contribution in [0.3, 0.4) is 0 Å². The van der Waals surface area contributed by atoms with Gasteiger partial charge in [0, 0.05) is 44.9 Å². The summed E-state index contributed by atoms with van der Waals surface area (Å²) in [6, 6.07) is 8.25. The first-order chi connectivity index (χ1) is 15.0. The maximum Gasteiger partial charge on any atom is 0.270 e. The number of rotatable bonds is 7. The molecule has 166 valence electrons. The number of aryl methyl sites for hydroxylation is 1. The second kappa shape index (κ2) is 9.49. The van der Waals surface area contributed by atoms with E-state index in [2.05, 4.69) is 15.1 Å². The minimum Gasteiger partial charge on any atom is -0.465 e. The van der Waals surface area contributed by atoms with Crippen LogP contribution in [0.15, 0.2) is 34.7 Å². The van der Waals surface area contributed by atoms with Crippen LogP contribution in [0.25, 0.3) is 0 Å². The number of benzene rings is 1. The van der Waals surface area contributed by atoms with E-state index in [-0.39, 0.29) is 17.6 Å². The molecule has 2 aliphatic rings. The van der Waals surface area contributed by atoms with Gasteiger partial charge in [0.15, 0.2) is 0 Å². The molecule has 0 spiro atoms. The van der Waals surface area contributed by atoms with E-state index in [1.54, 1.807) is 6.07 Å². The van der Waals surface area contributed by atoms with Gasteiger partial charge >= 0.3 is 0 Å². The Hall–Kier alpha value is -2.91. The van der Waals surface area contributed by atoms with Crippen molar-refractivity contribution in [3.8, 4) is 0 Å². The monoisotopic (exact) mass is 428 g/mol. The van der Waals surface area contributed by atoms with Gasteiger partial charge in [-0.1, -0.05) is 0 Å². The molecule has 0 bridgehead atoms. The number of hydrogen-bond acceptors (Lipinski definition) is 7. The zero-order valence-corrected chi connectivity index (χ0v) is 17.7. The normalized spacial score (nSPS) is 18.2. The molecule has 0 saturated carbocycles. The van der Waals surface area contributed by atoms with Crippen LogP contribution in [0.1, 0.15) is 40.8 Å². The first-order valence-corrected chi connectivity index (χ1v) is 10.7. The van der Waals surface area contributed by atoms with Crippen molar-refractivity contribution < 1.29 is 18.9 Å². The van der Waals surface area contributed by atoms with Crippen LogP contribution in [-0.4, -0.2) is 61.7 Å². The summed E-state index contributed by atoms with van der Waals surface area (Å²) in [6.45, 7) is 6.69. The number of nitro groups is 1. The van der Waals surface area contributed by atoms with Crippen LogP contribution in [0.5, 0.6) is 0 Å². The van der Waals surface area contributed by atoms with Crippen molar-refractivity contribution in [3.05, 3.63) is 57.5 Å². The predicted octanol–water partition coefficient (Wildman–Crippen LogP) is 2.90. The van der Waals surface area contributed by atoms with Gasteiger partial charge in [-0.25, -0.2) is 0 Å². The second-order valence-corrected chi connectivity index (χ2v) is 7.98. The molecule has 9 heteroatoms. The average molecular weight is 428 g/mol. The number of nitro benzene ring substituents is 1. The molecular formula is C22H28N4O5. The van der Waals surface area contributed by atoms with E-state index in [0.717, 1.165) is 56.2 Å². The Balaban J connectivity index is 1.55. The van der Waals surface area contributed by atoms with Crippen LogP contribution >= 0.6 is 0 Å². The highest BCUT2D eigenvalue weighted by Crippen LogP contribution is 2.29. The molecule has 1 unspecified atom stereocenters. The summed E-state index contributed by atoms with van der Waals surface area (Å²) in [5, 5.41) is 14.3. The molecule has 2 saturated heterocycles. The summed E-state index contributed by atoms with van der Waals surface area (Å²) in [7, 11) is 0. The number of anilines is 1. The van der Waals surface area contributed by atoms with Crippen molar-refractivity contribution in [2.75, 3.05) is 50.8 Å². The molecule has 2 aliphatic heterocycles. The molecule has 2 aromatic rings. The van der Waals surface area contributed by atoms with E-state index < -0.39 is 4.92 Å². The SMILES string of the molecule is Cc1ccc(C(CNC(=O)c2cc([N+](=O)[O-])ccc2N2CCCC2)N2CCOCC2)o1. The van der Waals surface area contributed by atoms with Crippen molar-refractivity contribution in [2.24, 2.45) is 0 Å². The van der Waals surface area contributed by atoms with Crippen LogP contribution < -0.4 is 10.2 Å². The molecule has 4 rings (SSSR count). The lowest BCUT2D eigenvalue weighted by atomic mass is 10.1. The third-order valence-corrected chi connectivity index (χ3v) is 5.91. The molecule has 1 aromatic carbocycles. The Bertz CT molecular complexity index is 932. The number of amides is 1. The van der Waals surface area contributed by atoms with Crippen molar-refractivity contribution in [1.29, 1.82) is 0 Å². The summed E-state index contributed by atoms with van der Waals surface area (Å²) in [5.74, 6) is 1.29. The van der Waals surface area contributed by atoms with Gasteiger partial charge in [0.1, 0.15) is 11.5 Å². The molecular weight excluding hydrogens is 400 g/mol. The molecule has 3 heterocycles. The van der Waals surface area contributed by atoms with E-state index in [4.69, 9.17) is 9.15 Å². The molecule has 1 amide bonds. The molecule has 1 aromatic heterocycles. The number of ether oxygens (including phenoxy) is 1. The number of furan rings is 1. The number of carbonyl (C=O) groups is 1. The first kappa shape index (κ1) is 21.3. The van der Waals surface area contributed by atoms with Crippen LogP contribution in [0, 0.1) is 17.0 Å². The van der Waals surface area contributed by atoms with Crippen LogP contribution in [-0.2, 0) is 4.74 Å². The van der Waals surface area contributed by atoms with Gasteiger partial charge in [-0.05, 0) is 38.0 Å². The Kier molecular flexibility index (Phi) is 6.53. The Morgan fingerprint density at radius 1 is 1.16 bits per heavy atom. The Morgan fingerprint density at radius 2 is 1.90 bits per heavy atom. The molecule has 0 aliphatic carbocycles. The fourth-order valence-corrected chi connectivity index (χ4v) is 4.27. The second-order valence-electron chi connectivity index (χ2n) is 7.98. The third kappa shape index (κ3) is 4.88. The zero-order chi connectivity index (χ0) is 21.8. The molecule has 1 N–H and O–H groups in total. The number of non-ortho nitro benzene ring substituents is 1. The Labute approximate surface area is 181 Å². The van der Waals surface area contributed by atoms with E-state index in [9.17, 15) is 14.9 Å². The van der Waals surface area contributed by atoms with Crippen molar-refractivity contribution >= 4 is 17.3 Å².